The van der Waals surface area contributed by atoms with Crippen LogP contribution in [0.1, 0.15) is 11.1 Å². The third kappa shape index (κ3) is 2.84. The van der Waals surface area contributed by atoms with Gasteiger partial charge in [-0.2, -0.15) is 0 Å². The number of nitrogens with zero attached hydrogens (tertiary/aromatic N) is 2. The summed E-state index contributed by atoms with van der Waals surface area (Å²) in [5, 5.41) is 3.53. The standard InChI is InChI=1S/C20H17Cl2N3/c1-25(20(23)24-14-8-9-16(21)17(22)11-14)18-10-7-13-6-5-12-3-2-4-15(18)19(12)13/h2-4,7-11H,5-6H2,1H3,(H2,23,24). The fourth-order valence-corrected chi connectivity index (χ4v) is 3.70. The van der Waals surface area contributed by atoms with E-state index in [0.717, 1.165) is 18.5 Å². The van der Waals surface area contributed by atoms with Crippen LogP contribution in [-0.4, -0.2) is 13.0 Å². The Labute approximate surface area is 156 Å². The number of nitrogens with two attached hydrogens (primary N) is 1. The summed E-state index contributed by atoms with van der Waals surface area (Å²) in [4.78, 5) is 6.39. The van der Waals surface area contributed by atoms with Gasteiger partial charge in [0.1, 0.15) is 0 Å². The molecule has 5 heteroatoms. The molecule has 1 aliphatic rings. The summed E-state index contributed by atoms with van der Waals surface area (Å²) in [5.41, 5.74) is 10.8. The van der Waals surface area contributed by atoms with Gasteiger partial charge in [0.15, 0.2) is 0 Å². The average molecular weight is 370 g/mol. The lowest BCUT2D eigenvalue weighted by atomic mass is 10.0. The first kappa shape index (κ1) is 16.2. The Hall–Kier alpha value is -2.23. The topological polar surface area (TPSA) is 41.6 Å². The van der Waals surface area contributed by atoms with Gasteiger partial charge >= 0.3 is 0 Å². The average Bonchev–Trinajstić information content (AvgIpc) is 3.03. The Kier molecular flexibility index (Phi) is 4.06. The van der Waals surface area contributed by atoms with Crippen LogP contribution in [-0.2, 0) is 12.8 Å². The van der Waals surface area contributed by atoms with Crippen LogP contribution < -0.4 is 10.6 Å². The van der Waals surface area contributed by atoms with Gasteiger partial charge in [-0.3, -0.25) is 0 Å². The van der Waals surface area contributed by atoms with Gasteiger partial charge in [-0.05, 0) is 53.6 Å². The summed E-state index contributed by atoms with van der Waals surface area (Å²) in [5.74, 6) is 0.400. The molecule has 3 aromatic rings. The molecular formula is C20H17Cl2N3. The highest BCUT2D eigenvalue weighted by Gasteiger charge is 2.18. The van der Waals surface area contributed by atoms with Gasteiger partial charge in [0.25, 0.3) is 0 Å². The van der Waals surface area contributed by atoms with E-state index in [4.69, 9.17) is 28.9 Å². The van der Waals surface area contributed by atoms with Crippen molar-refractivity contribution in [2.24, 2.45) is 10.7 Å². The van der Waals surface area contributed by atoms with Gasteiger partial charge in [0.2, 0.25) is 5.96 Å². The lowest BCUT2D eigenvalue weighted by Gasteiger charge is -2.21. The van der Waals surface area contributed by atoms with E-state index < -0.39 is 0 Å². The van der Waals surface area contributed by atoms with E-state index in [2.05, 4.69) is 35.3 Å². The smallest absolute Gasteiger partial charge is 0.200 e. The molecule has 0 bridgehead atoms. The molecule has 0 aromatic heterocycles. The van der Waals surface area contributed by atoms with Crippen LogP contribution in [0, 0.1) is 0 Å². The Morgan fingerprint density at radius 2 is 1.76 bits per heavy atom. The maximum Gasteiger partial charge on any atom is 0.200 e. The van der Waals surface area contributed by atoms with Crippen molar-refractivity contribution < 1.29 is 0 Å². The highest BCUT2D eigenvalue weighted by Crippen LogP contribution is 2.36. The number of hydrogen-bond donors (Lipinski definition) is 1. The second-order valence-corrected chi connectivity index (χ2v) is 7.03. The summed E-state index contributed by atoms with van der Waals surface area (Å²) >= 11 is 12.0. The lowest BCUT2D eigenvalue weighted by Crippen LogP contribution is -2.33. The van der Waals surface area contributed by atoms with Gasteiger partial charge in [0.05, 0.1) is 21.4 Å². The minimum atomic E-state index is 0.400. The van der Waals surface area contributed by atoms with E-state index in [1.54, 1.807) is 18.2 Å². The van der Waals surface area contributed by atoms with Crippen LogP contribution in [0.3, 0.4) is 0 Å². The van der Waals surface area contributed by atoms with Crippen LogP contribution in [0.2, 0.25) is 10.0 Å². The molecule has 0 unspecified atom stereocenters. The molecule has 2 N–H and O–H groups in total. The first-order valence-corrected chi connectivity index (χ1v) is 8.86. The quantitative estimate of drug-likeness (QED) is 0.490. The number of rotatable bonds is 2. The van der Waals surface area contributed by atoms with E-state index >= 15 is 0 Å². The van der Waals surface area contributed by atoms with Crippen molar-refractivity contribution in [3.63, 3.8) is 0 Å². The zero-order valence-corrected chi connectivity index (χ0v) is 15.3. The van der Waals surface area contributed by atoms with Crippen LogP contribution in [0.5, 0.6) is 0 Å². The number of halogens is 2. The normalized spacial score (nSPS) is 13.5. The molecule has 0 fully saturated rings. The molecule has 0 spiro atoms. The molecule has 3 nitrogen and oxygen atoms in total. The minimum Gasteiger partial charge on any atom is -0.369 e. The maximum absolute atomic E-state index is 6.25. The number of aryl methyl sites for hydroxylation is 2. The van der Waals surface area contributed by atoms with Crippen LogP contribution in [0.25, 0.3) is 10.8 Å². The minimum absolute atomic E-state index is 0.400. The van der Waals surface area contributed by atoms with Gasteiger partial charge in [-0.15, -0.1) is 0 Å². The van der Waals surface area contributed by atoms with Crippen molar-refractivity contribution in [2.45, 2.75) is 12.8 Å². The van der Waals surface area contributed by atoms with E-state index in [1.165, 1.54) is 21.9 Å². The number of guanidine groups is 1. The molecule has 0 saturated heterocycles. The number of anilines is 1. The molecule has 0 aliphatic heterocycles. The van der Waals surface area contributed by atoms with E-state index in [-0.39, 0.29) is 0 Å². The van der Waals surface area contributed by atoms with Gasteiger partial charge in [-0.25, -0.2) is 4.99 Å². The van der Waals surface area contributed by atoms with Gasteiger partial charge in [0, 0.05) is 12.4 Å². The summed E-state index contributed by atoms with van der Waals surface area (Å²) in [6.45, 7) is 0. The van der Waals surface area contributed by atoms with Gasteiger partial charge in [-0.1, -0.05) is 47.5 Å². The number of benzene rings is 3. The lowest BCUT2D eigenvalue weighted by molar-refractivity contribution is 1.02. The number of aliphatic imine (C=N–C) groups is 1. The largest absolute Gasteiger partial charge is 0.369 e. The fraction of sp³-hybridized carbons (Fsp3) is 0.150. The molecule has 0 saturated carbocycles. The molecule has 25 heavy (non-hydrogen) atoms. The van der Waals surface area contributed by atoms with Crippen molar-refractivity contribution in [1.29, 1.82) is 0 Å². The van der Waals surface area contributed by atoms with Crippen molar-refractivity contribution in [1.82, 2.24) is 0 Å². The van der Waals surface area contributed by atoms with Crippen molar-refractivity contribution >= 4 is 51.3 Å². The molecule has 1 aliphatic carbocycles. The predicted octanol–water partition coefficient (Wildman–Crippen LogP) is 5.33. The second kappa shape index (κ2) is 6.25. The van der Waals surface area contributed by atoms with E-state index in [9.17, 15) is 0 Å². The third-order valence-electron chi connectivity index (χ3n) is 4.71. The molecule has 3 aromatic carbocycles. The highest BCUT2D eigenvalue weighted by atomic mass is 35.5. The third-order valence-corrected chi connectivity index (χ3v) is 5.44. The van der Waals surface area contributed by atoms with Crippen LogP contribution in [0.4, 0.5) is 11.4 Å². The Balaban J connectivity index is 1.76. The maximum atomic E-state index is 6.25. The molecule has 126 valence electrons. The highest BCUT2D eigenvalue weighted by molar-refractivity contribution is 6.42. The van der Waals surface area contributed by atoms with Crippen LogP contribution >= 0.6 is 23.2 Å². The van der Waals surface area contributed by atoms with Crippen molar-refractivity contribution in [3.05, 3.63) is 69.7 Å². The first-order chi connectivity index (χ1) is 12.0. The summed E-state index contributed by atoms with van der Waals surface area (Å²) < 4.78 is 0. The van der Waals surface area contributed by atoms with Crippen molar-refractivity contribution in [2.75, 3.05) is 11.9 Å². The second-order valence-electron chi connectivity index (χ2n) is 6.21. The fourth-order valence-electron chi connectivity index (χ4n) is 3.41. The monoisotopic (exact) mass is 369 g/mol. The Morgan fingerprint density at radius 3 is 2.52 bits per heavy atom. The van der Waals surface area contributed by atoms with Crippen LogP contribution in [0.15, 0.2) is 53.5 Å². The van der Waals surface area contributed by atoms with E-state index in [1.807, 2.05) is 11.9 Å². The van der Waals surface area contributed by atoms with E-state index in [0.29, 0.717) is 21.7 Å². The Bertz CT molecular complexity index is 1000. The molecule has 0 amide bonds. The molecule has 0 atom stereocenters. The summed E-state index contributed by atoms with van der Waals surface area (Å²) in [6.07, 6.45) is 2.21. The molecular weight excluding hydrogens is 353 g/mol. The number of hydrogen-bond acceptors (Lipinski definition) is 1. The summed E-state index contributed by atoms with van der Waals surface area (Å²) in [6, 6.07) is 16.0. The van der Waals surface area contributed by atoms with Gasteiger partial charge < -0.3 is 10.6 Å². The molecule has 4 rings (SSSR count). The SMILES string of the molecule is CN(C(N)=Nc1ccc(Cl)c(Cl)c1)c1ccc2c3c(cccc13)CC2. The molecule has 0 heterocycles. The zero-order chi connectivity index (χ0) is 17.6. The summed E-state index contributed by atoms with van der Waals surface area (Å²) in [7, 11) is 1.93. The Morgan fingerprint density at radius 1 is 1.00 bits per heavy atom. The first-order valence-electron chi connectivity index (χ1n) is 8.11. The molecule has 0 radical (unpaired) electrons. The predicted molar refractivity (Wildman–Crippen MR) is 108 cm³/mol. The van der Waals surface area contributed by atoms with Crippen molar-refractivity contribution in [3.8, 4) is 0 Å². The zero-order valence-electron chi connectivity index (χ0n) is 13.8.